The van der Waals surface area contributed by atoms with E-state index in [1.165, 1.54) is 43.4 Å². The summed E-state index contributed by atoms with van der Waals surface area (Å²) in [4.78, 5) is 17.5. The van der Waals surface area contributed by atoms with Crippen molar-refractivity contribution in [3.8, 4) is 0 Å². The maximum Gasteiger partial charge on any atom is 0.343 e. The monoisotopic (exact) mass is 335 g/mol. The number of nitrogens with zero attached hydrogens (tertiary/aromatic N) is 2. The van der Waals surface area contributed by atoms with E-state index in [1.807, 2.05) is 16.1 Å². The zero-order valence-corrected chi connectivity index (χ0v) is 14.4. The highest BCUT2D eigenvalue weighted by atomic mass is 32.1. The van der Waals surface area contributed by atoms with E-state index in [0.717, 1.165) is 23.2 Å². The van der Waals surface area contributed by atoms with Gasteiger partial charge in [-0.3, -0.25) is 0 Å². The second-order valence-corrected chi connectivity index (χ2v) is 8.26. The Morgan fingerprint density at radius 1 is 1.30 bits per heavy atom. The van der Waals surface area contributed by atoms with E-state index < -0.39 is 0 Å². The van der Waals surface area contributed by atoms with E-state index in [2.05, 4.69) is 10.3 Å². The van der Waals surface area contributed by atoms with Gasteiger partial charge in [-0.15, -0.1) is 11.3 Å². The summed E-state index contributed by atoms with van der Waals surface area (Å²) in [7, 11) is 1.68. The van der Waals surface area contributed by atoms with Crippen molar-refractivity contribution < 1.29 is 9.53 Å². The molecule has 0 radical (unpaired) electrons. The molecular formula is C17H25N3O2S. The number of aromatic nitrogens is 1. The molecule has 5 nitrogen and oxygen atoms in total. The maximum absolute atomic E-state index is 12.4. The minimum absolute atomic E-state index is 0.170. The average Bonchev–Trinajstić information content (AvgIpc) is 2.95. The fourth-order valence-corrected chi connectivity index (χ4v) is 5.92. The minimum atomic E-state index is -0.170. The number of hydrogen-bond acceptors (Lipinski definition) is 3. The number of carbonyl (C=O) groups is 1. The lowest BCUT2D eigenvalue weighted by molar-refractivity contribution is -0.00904. The molecule has 23 heavy (non-hydrogen) atoms. The first-order chi connectivity index (χ1) is 11.2. The van der Waals surface area contributed by atoms with Crippen molar-refractivity contribution in [2.75, 3.05) is 13.7 Å². The predicted octanol–water partition coefficient (Wildman–Crippen LogP) is 2.63. The molecule has 0 atom stereocenters. The Bertz CT molecular complexity index is 608. The molecule has 0 spiro atoms. The molecule has 0 saturated heterocycles. The molecule has 4 saturated carbocycles. The largest absolute Gasteiger partial charge is 0.383 e. The minimum Gasteiger partial charge on any atom is -0.383 e. The zero-order chi connectivity index (χ0) is 15.8. The molecule has 1 aromatic rings. The summed E-state index contributed by atoms with van der Waals surface area (Å²) in [5.74, 6) is 3.23. The van der Waals surface area contributed by atoms with Gasteiger partial charge in [-0.05, 0) is 55.8 Å². The van der Waals surface area contributed by atoms with Gasteiger partial charge in [-0.2, -0.15) is 4.99 Å². The summed E-state index contributed by atoms with van der Waals surface area (Å²) in [6, 6.07) is 0.183. The van der Waals surface area contributed by atoms with Crippen LogP contribution in [-0.4, -0.2) is 30.4 Å². The van der Waals surface area contributed by atoms with Crippen LogP contribution in [0.5, 0.6) is 0 Å². The fourth-order valence-electron chi connectivity index (χ4n) is 5.17. The van der Waals surface area contributed by atoms with Crippen LogP contribution in [0.3, 0.4) is 0 Å². The summed E-state index contributed by atoms with van der Waals surface area (Å²) in [5, 5.41) is 5.20. The highest BCUT2D eigenvalue weighted by molar-refractivity contribution is 7.07. The van der Waals surface area contributed by atoms with Crippen LogP contribution in [0.2, 0.25) is 0 Å². The van der Waals surface area contributed by atoms with E-state index in [9.17, 15) is 4.79 Å². The van der Waals surface area contributed by atoms with Gasteiger partial charge in [0.05, 0.1) is 6.61 Å². The summed E-state index contributed by atoms with van der Waals surface area (Å²) >= 11 is 1.50. The molecule has 4 bridgehead atoms. The zero-order valence-electron chi connectivity index (χ0n) is 13.6. The molecule has 4 fully saturated rings. The van der Waals surface area contributed by atoms with Crippen LogP contribution in [0.15, 0.2) is 16.6 Å². The lowest BCUT2D eigenvalue weighted by atomic mass is 9.54. The highest BCUT2D eigenvalue weighted by Gasteiger charge is 2.48. The van der Waals surface area contributed by atoms with Crippen LogP contribution in [-0.2, 0) is 11.3 Å². The molecule has 0 aromatic carbocycles. The van der Waals surface area contributed by atoms with Gasteiger partial charge < -0.3 is 14.6 Å². The van der Waals surface area contributed by atoms with Crippen molar-refractivity contribution in [1.29, 1.82) is 0 Å². The van der Waals surface area contributed by atoms with Crippen LogP contribution in [0.1, 0.15) is 32.1 Å². The van der Waals surface area contributed by atoms with E-state index in [0.29, 0.717) is 24.5 Å². The summed E-state index contributed by atoms with van der Waals surface area (Å²) in [5.41, 5.74) is 0. The predicted molar refractivity (Wildman–Crippen MR) is 89.1 cm³/mol. The number of ether oxygens (including phenoxy) is 1. The molecule has 126 valence electrons. The molecule has 0 aliphatic heterocycles. The molecule has 5 rings (SSSR count). The molecule has 4 aliphatic rings. The van der Waals surface area contributed by atoms with Gasteiger partial charge in [0.15, 0.2) is 4.80 Å². The first-order valence-corrected chi connectivity index (χ1v) is 9.59. The molecule has 1 heterocycles. The molecule has 2 amide bonds. The van der Waals surface area contributed by atoms with Crippen molar-refractivity contribution in [2.45, 2.75) is 44.7 Å². The van der Waals surface area contributed by atoms with Gasteiger partial charge in [0.25, 0.3) is 0 Å². The lowest BCUT2D eigenvalue weighted by Gasteiger charge is -2.54. The number of carbonyl (C=O) groups excluding carboxylic acids is 1. The molecular weight excluding hydrogens is 310 g/mol. The topological polar surface area (TPSA) is 55.6 Å². The number of methoxy groups -OCH3 is 1. The number of urea groups is 1. The first-order valence-electron chi connectivity index (χ1n) is 8.71. The number of amides is 2. The van der Waals surface area contributed by atoms with E-state index in [-0.39, 0.29) is 6.03 Å². The number of thiazole rings is 1. The third-order valence-electron chi connectivity index (χ3n) is 5.91. The van der Waals surface area contributed by atoms with Crippen molar-refractivity contribution >= 4 is 17.4 Å². The van der Waals surface area contributed by atoms with E-state index >= 15 is 0 Å². The first kappa shape index (κ1) is 15.4. The van der Waals surface area contributed by atoms with Gasteiger partial charge >= 0.3 is 6.03 Å². The summed E-state index contributed by atoms with van der Waals surface area (Å²) in [6.07, 6.45) is 8.64. The molecule has 1 N–H and O–H groups in total. The van der Waals surface area contributed by atoms with Crippen LogP contribution in [0.4, 0.5) is 4.79 Å². The van der Waals surface area contributed by atoms with Gasteiger partial charge in [0.1, 0.15) is 0 Å². The SMILES string of the molecule is COCCn1ccsc1=NC(=O)NC1C2CC3CC(C2)CC1C3. The lowest BCUT2D eigenvalue weighted by Crippen LogP contribution is -2.55. The Morgan fingerprint density at radius 3 is 2.65 bits per heavy atom. The second-order valence-electron chi connectivity index (χ2n) is 7.39. The number of hydrogen-bond donors (Lipinski definition) is 1. The molecule has 4 aliphatic carbocycles. The number of nitrogens with one attached hydrogen (secondary N) is 1. The molecule has 0 unspecified atom stereocenters. The molecule has 6 heteroatoms. The van der Waals surface area contributed by atoms with E-state index in [4.69, 9.17) is 4.74 Å². The summed E-state index contributed by atoms with van der Waals surface area (Å²) < 4.78 is 7.08. The highest BCUT2D eigenvalue weighted by Crippen LogP contribution is 2.53. The Morgan fingerprint density at radius 2 is 2.00 bits per heavy atom. The van der Waals surface area contributed by atoms with Crippen LogP contribution in [0, 0.1) is 23.7 Å². The third-order valence-corrected chi connectivity index (χ3v) is 6.70. The third kappa shape index (κ3) is 3.11. The normalized spacial score (nSPS) is 35.7. The summed E-state index contributed by atoms with van der Waals surface area (Å²) in [6.45, 7) is 1.35. The van der Waals surface area contributed by atoms with E-state index in [1.54, 1.807) is 7.11 Å². The number of rotatable bonds is 4. The quantitative estimate of drug-likeness (QED) is 0.919. The second kappa shape index (κ2) is 6.40. The van der Waals surface area contributed by atoms with Crippen molar-refractivity contribution in [3.63, 3.8) is 0 Å². The van der Waals surface area contributed by atoms with Gasteiger partial charge in [-0.1, -0.05) is 0 Å². The van der Waals surface area contributed by atoms with Crippen LogP contribution in [0.25, 0.3) is 0 Å². The Kier molecular flexibility index (Phi) is 4.28. The van der Waals surface area contributed by atoms with Gasteiger partial charge in [0.2, 0.25) is 0 Å². The van der Waals surface area contributed by atoms with Crippen LogP contribution < -0.4 is 10.1 Å². The van der Waals surface area contributed by atoms with Crippen LogP contribution >= 0.6 is 11.3 Å². The van der Waals surface area contributed by atoms with Gasteiger partial charge in [0, 0.05) is 31.3 Å². The van der Waals surface area contributed by atoms with Crippen molar-refractivity contribution in [1.82, 2.24) is 9.88 Å². The Balaban J connectivity index is 1.44. The standard InChI is InChI=1S/C17H25N3O2S/c1-22-4-2-20-3-5-23-17(20)19-16(21)18-15-13-7-11-6-12(9-13)10-14(15)8-11/h3,5,11-15H,2,4,6-10H2,1H3,(H,18,21). The average molecular weight is 335 g/mol. The van der Waals surface area contributed by atoms with Crippen molar-refractivity contribution in [3.05, 3.63) is 16.4 Å². The van der Waals surface area contributed by atoms with Gasteiger partial charge in [-0.25, -0.2) is 4.79 Å². The Hall–Kier alpha value is -1.14. The smallest absolute Gasteiger partial charge is 0.343 e. The van der Waals surface area contributed by atoms with Crippen molar-refractivity contribution in [2.24, 2.45) is 28.7 Å². The maximum atomic E-state index is 12.4. The fraction of sp³-hybridized carbons (Fsp3) is 0.765. The molecule has 1 aromatic heterocycles. The Labute approximate surface area is 140 Å².